The molecule has 0 aliphatic carbocycles. The van der Waals surface area contributed by atoms with Crippen LogP contribution in [-0.2, 0) is 15.5 Å². The predicted octanol–water partition coefficient (Wildman–Crippen LogP) is 1.99. The van der Waals surface area contributed by atoms with Crippen molar-refractivity contribution in [3.63, 3.8) is 0 Å². The summed E-state index contributed by atoms with van der Waals surface area (Å²) >= 11 is 0. The van der Waals surface area contributed by atoms with Crippen molar-refractivity contribution in [3.05, 3.63) is 0 Å². The molecule has 0 bridgehead atoms. The summed E-state index contributed by atoms with van der Waals surface area (Å²) in [5.41, 5.74) is -0.787. The van der Waals surface area contributed by atoms with Gasteiger partial charge in [0.05, 0.1) is 0 Å². The molecule has 6 heteroatoms. The fraction of sp³-hybridized carbons (Fsp3) is 0.929. The smallest absolute Gasteiger partial charge is 0.410 e. The fourth-order valence-electron chi connectivity index (χ4n) is 1.55. The Labute approximate surface area is 125 Å². The van der Waals surface area contributed by atoms with Gasteiger partial charge in [-0.05, 0) is 41.5 Å². The van der Waals surface area contributed by atoms with Crippen molar-refractivity contribution in [1.29, 1.82) is 0 Å². The molecule has 0 rings (SSSR count). The summed E-state index contributed by atoms with van der Waals surface area (Å²) < 4.78 is 16.4. The second-order valence-electron chi connectivity index (χ2n) is 6.83. The van der Waals surface area contributed by atoms with Crippen molar-refractivity contribution >= 4 is 16.9 Å². The first-order valence-corrected chi connectivity index (χ1v) is 8.67. The fourth-order valence-corrected chi connectivity index (χ4v) is 1.98. The lowest BCUT2D eigenvalue weighted by Gasteiger charge is -2.36. The Kier molecular flexibility index (Phi) is 7.73. The number of hydrogen-bond acceptors (Lipinski definition) is 4. The lowest BCUT2D eigenvalue weighted by Crippen LogP contribution is -2.50. The molecule has 5 nitrogen and oxygen atoms in total. The highest BCUT2D eigenvalue weighted by molar-refractivity contribution is 7.84. The van der Waals surface area contributed by atoms with E-state index in [1.54, 1.807) is 11.2 Å². The molecule has 0 aromatic rings. The highest BCUT2D eigenvalue weighted by atomic mass is 32.2. The summed E-state index contributed by atoms with van der Waals surface area (Å²) in [4.78, 5) is 13.9. The van der Waals surface area contributed by atoms with Crippen LogP contribution in [0.3, 0.4) is 0 Å². The van der Waals surface area contributed by atoms with E-state index in [4.69, 9.17) is 4.74 Å². The van der Waals surface area contributed by atoms with Crippen LogP contribution < -0.4 is 5.32 Å². The van der Waals surface area contributed by atoms with Gasteiger partial charge in [0, 0.05) is 48.0 Å². The Balaban J connectivity index is 4.38. The van der Waals surface area contributed by atoms with Crippen LogP contribution in [0, 0.1) is 0 Å². The van der Waals surface area contributed by atoms with Gasteiger partial charge in [-0.15, -0.1) is 0 Å². The van der Waals surface area contributed by atoms with Gasteiger partial charge in [0.25, 0.3) is 0 Å². The van der Waals surface area contributed by atoms with Gasteiger partial charge in [0.2, 0.25) is 0 Å². The number of amides is 1. The van der Waals surface area contributed by atoms with Crippen molar-refractivity contribution in [2.75, 3.05) is 31.6 Å². The highest BCUT2D eigenvalue weighted by Gasteiger charge is 2.30. The number of carbonyl (C=O) groups excluding carboxylic acids is 1. The van der Waals surface area contributed by atoms with Gasteiger partial charge in [-0.25, -0.2) is 4.79 Å². The first-order chi connectivity index (χ1) is 8.93. The molecule has 0 radical (unpaired) electrons. The van der Waals surface area contributed by atoms with E-state index in [-0.39, 0.29) is 11.6 Å². The Morgan fingerprint density at radius 2 is 1.70 bits per heavy atom. The molecule has 0 spiro atoms. The van der Waals surface area contributed by atoms with E-state index in [2.05, 4.69) is 5.32 Å². The molecule has 120 valence electrons. The average Bonchev–Trinajstić information content (AvgIpc) is 2.17. The minimum Gasteiger partial charge on any atom is -0.444 e. The molecule has 1 N–H and O–H groups in total. The number of nitrogens with one attached hydrogen (secondary N) is 1. The third kappa shape index (κ3) is 9.31. The number of carbonyl (C=O) groups is 1. The van der Waals surface area contributed by atoms with E-state index in [1.807, 2.05) is 41.5 Å². The molecule has 0 heterocycles. The van der Waals surface area contributed by atoms with E-state index in [1.165, 1.54) is 0 Å². The second-order valence-corrected chi connectivity index (χ2v) is 8.38. The second kappa shape index (κ2) is 7.98. The van der Waals surface area contributed by atoms with Crippen molar-refractivity contribution in [1.82, 2.24) is 10.2 Å². The Morgan fingerprint density at radius 3 is 2.10 bits per heavy atom. The van der Waals surface area contributed by atoms with Crippen molar-refractivity contribution < 1.29 is 13.7 Å². The molecule has 0 aromatic carbocycles. The zero-order chi connectivity index (χ0) is 16.0. The van der Waals surface area contributed by atoms with Crippen LogP contribution >= 0.6 is 0 Å². The molecular formula is C14H30N2O3S. The molecule has 0 aliphatic heterocycles. The molecule has 0 saturated carbocycles. The third-order valence-corrected chi connectivity index (χ3v) is 3.28. The SMILES string of the molecule is CS(=O)CCNCCN(C(=O)OC(C)(C)C)C(C)(C)C. The normalized spacial score (nSPS) is 13.9. The Bertz CT molecular complexity index is 332. The first-order valence-electron chi connectivity index (χ1n) is 6.95. The van der Waals surface area contributed by atoms with Crippen LogP contribution in [0.4, 0.5) is 4.79 Å². The number of rotatable bonds is 6. The molecular weight excluding hydrogens is 276 g/mol. The van der Waals surface area contributed by atoms with Crippen LogP contribution in [0.2, 0.25) is 0 Å². The Morgan fingerprint density at radius 1 is 1.15 bits per heavy atom. The van der Waals surface area contributed by atoms with Gasteiger partial charge in [0.15, 0.2) is 0 Å². The average molecular weight is 306 g/mol. The Hall–Kier alpha value is -0.620. The molecule has 1 amide bonds. The highest BCUT2D eigenvalue weighted by Crippen LogP contribution is 2.17. The number of ether oxygens (including phenoxy) is 1. The zero-order valence-electron chi connectivity index (χ0n) is 13.9. The molecule has 1 unspecified atom stereocenters. The van der Waals surface area contributed by atoms with Crippen molar-refractivity contribution in [3.8, 4) is 0 Å². The van der Waals surface area contributed by atoms with Gasteiger partial charge in [-0.1, -0.05) is 0 Å². The quantitative estimate of drug-likeness (QED) is 0.763. The molecule has 0 aromatic heterocycles. The van der Waals surface area contributed by atoms with Crippen LogP contribution in [0.1, 0.15) is 41.5 Å². The van der Waals surface area contributed by atoms with E-state index in [0.717, 1.165) is 0 Å². The van der Waals surface area contributed by atoms with Crippen LogP contribution in [0.5, 0.6) is 0 Å². The lowest BCUT2D eigenvalue weighted by atomic mass is 10.1. The lowest BCUT2D eigenvalue weighted by molar-refractivity contribution is 0.00668. The summed E-state index contributed by atoms with van der Waals surface area (Å²) in [5.74, 6) is 0.627. The van der Waals surface area contributed by atoms with Crippen LogP contribution in [0.15, 0.2) is 0 Å². The summed E-state index contributed by atoms with van der Waals surface area (Å²) in [6, 6.07) is 0. The third-order valence-electron chi connectivity index (χ3n) is 2.50. The van der Waals surface area contributed by atoms with Gasteiger partial charge < -0.3 is 15.0 Å². The molecule has 0 saturated heterocycles. The monoisotopic (exact) mass is 306 g/mol. The van der Waals surface area contributed by atoms with E-state index < -0.39 is 16.4 Å². The molecule has 20 heavy (non-hydrogen) atoms. The minimum atomic E-state index is -0.787. The van der Waals surface area contributed by atoms with Crippen LogP contribution in [0.25, 0.3) is 0 Å². The predicted molar refractivity (Wildman–Crippen MR) is 84.5 cm³/mol. The van der Waals surface area contributed by atoms with Crippen LogP contribution in [-0.4, -0.2) is 58.0 Å². The van der Waals surface area contributed by atoms with Gasteiger partial charge >= 0.3 is 6.09 Å². The number of nitrogens with zero attached hydrogens (tertiary/aromatic N) is 1. The molecule has 0 fully saturated rings. The topological polar surface area (TPSA) is 58.6 Å². The van der Waals surface area contributed by atoms with Gasteiger partial charge in [0.1, 0.15) is 5.60 Å². The van der Waals surface area contributed by atoms with Crippen molar-refractivity contribution in [2.45, 2.75) is 52.7 Å². The zero-order valence-corrected chi connectivity index (χ0v) is 14.7. The first kappa shape index (κ1) is 19.4. The summed E-state index contributed by atoms with van der Waals surface area (Å²) in [6.45, 7) is 13.5. The summed E-state index contributed by atoms with van der Waals surface area (Å²) in [6.07, 6.45) is 1.38. The maximum atomic E-state index is 12.2. The molecule has 1 atom stereocenters. The summed E-state index contributed by atoms with van der Waals surface area (Å²) in [7, 11) is -0.787. The van der Waals surface area contributed by atoms with Gasteiger partial charge in [-0.2, -0.15) is 0 Å². The van der Waals surface area contributed by atoms with E-state index in [9.17, 15) is 9.00 Å². The van der Waals surface area contributed by atoms with Gasteiger partial charge in [-0.3, -0.25) is 4.21 Å². The summed E-state index contributed by atoms with van der Waals surface area (Å²) in [5, 5.41) is 3.19. The van der Waals surface area contributed by atoms with E-state index >= 15 is 0 Å². The van der Waals surface area contributed by atoms with E-state index in [0.29, 0.717) is 25.4 Å². The standard InChI is InChI=1S/C14H30N2O3S/c1-13(2,3)16(12(17)19-14(4,5)6)10-8-15-9-11-20(7)18/h15H,8-11H2,1-7H3. The number of hydrogen-bond donors (Lipinski definition) is 1. The molecule has 0 aliphatic rings. The minimum absolute atomic E-state index is 0.294. The largest absolute Gasteiger partial charge is 0.444 e. The maximum Gasteiger partial charge on any atom is 0.410 e. The van der Waals surface area contributed by atoms with Crippen molar-refractivity contribution in [2.24, 2.45) is 0 Å². The maximum absolute atomic E-state index is 12.2.